The summed E-state index contributed by atoms with van der Waals surface area (Å²) in [5, 5.41) is 4.59. The Balaban J connectivity index is 1.19. The Hall–Kier alpha value is -3.84. The summed E-state index contributed by atoms with van der Waals surface area (Å²) in [7, 11) is 0. The van der Waals surface area contributed by atoms with Crippen molar-refractivity contribution in [3.63, 3.8) is 0 Å². The molecule has 5 heteroatoms. The van der Waals surface area contributed by atoms with Gasteiger partial charge in [0.25, 0.3) is 0 Å². The minimum atomic E-state index is -0.337. The van der Waals surface area contributed by atoms with E-state index >= 15 is 0 Å². The van der Waals surface area contributed by atoms with Crippen LogP contribution in [0.1, 0.15) is 31.2 Å². The summed E-state index contributed by atoms with van der Waals surface area (Å²) in [6.07, 6.45) is 23.0. The molecular weight excluding hydrogens is 641 g/mol. The van der Waals surface area contributed by atoms with Crippen LogP contribution in [0.4, 0.5) is 0 Å². The van der Waals surface area contributed by atoms with Crippen LogP contribution in [0.15, 0.2) is 124 Å². The van der Waals surface area contributed by atoms with Gasteiger partial charge in [0.05, 0.1) is 0 Å². The van der Waals surface area contributed by atoms with Crippen LogP contribution in [0.5, 0.6) is 0 Å². The number of benzene rings is 3. The van der Waals surface area contributed by atoms with Crippen molar-refractivity contribution in [1.29, 1.82) is 0 Å². The topological polar surface area (TPSA) is 50.8 Å². The van der Waals surface area contributed by atoms with Crippen molar-refractivity contribution < 1.29 is 25.6 Å². The molecule has 5 aromatic rings. The molecule has 0 N–H and O–H groups in total. The molecule has 0 spiro atoms. The zero-order valence-corrected chi connectivity index (χ0v) is 25.7. The molecule has 5 unspecified atom stereocenters. The molecule has 2 aromatic heterocycles. The first-order chi connectivity index (χ1) is 21.2. The maximum absolute atomic E-state index is 6.73. The van der Waals surface area contributed by atoms with Crippen LogP contribution < -0.4 is 21.2 Å². The fourth-order valence-corrected chi connectivity index (χ4v) is 12.1. The van der Waals surface area contributed by atoms with Crippen molar-refractivity contribution in [3.05, 3.63) is 115 Å². The van der Waals surface area contributed by atoms with E-state index in [0.29, 0.717) is 9.97 Å². The van der Waals surface area contributed by atoms with Crippen molar-refractivity contribution in [2.24, 2.45) is 32.7 Å². The van der Waals surface area contributed by atoms with Gasteiger partial charge in [0.15, 0.2) is 0 Å². The van der Waals surface area contributed by atoms with E-state index in [2.05, 4.69) is 102 Å². The molecule has 1 aliphatic heterocycles. The molecule has 0 amide bonds. The number of amidine groups is 1. The molecule has 210 valence electrons. The van der Waals surface area contributed by atoms with Crippen molar-refractivity contribution >= 4 is 42.3 Å². The summed E-state index contributed by atoms with van der Waals surface area (Å²) in [4.78, 5) is 15.4. The van der Waals surface area contributed by atoms with Crippen molar-refractivity contribution in [2.45, 2.75) is 29.7 Å². The monoisotopic (exact) mass is 670 g/mol. The van der Waals surface area contributed by atoms with E-state index in [9.17, 15) is 0 Å². The first kappa shape index (κ1) is 24.6. The van der Waals surface area contributed by atoms with Gasteiger partial charge in [-0.2, -0.15) is 0 Å². The molecule has 4 nitrogen and oxygen atoms in total. The van der Waals surface area contributed by atoms with Crippen LogP contribution >= 0.6 is 0 Å². The molecule has 10 rings (SSSR count). The average molecular weight is 671 g/mol. The number of furan rings is 1. The molecule has 5 aliphatic rings. The second-order valence-corrected chi connectivity index (χ2v) is 15.6. The fourth-order valence-electron chi connectivity index (χ4n) is 7.80. The third kappa shape index (κ3) is 3.57. The quantitative estimate of drug-likeness (QED) is 0.104. The molecule has 0 saturated heterocycles. The van der Waals surface area contributed by atoms with E-state index in [1.165, 1.54) is 34.8 Å². The number of hydrogen-bond donors (Lipinski definition) is 0. The molecule has 0 bridgehead atoms. The van der Waals surface area contributed by atoms with E-state index in [4.69, 9.17) is 14.4 Å². The molecule has 2 fully saturated rings. The molecule has 3 aromatic carbocycles. The van der Waals surface area contributed by atoms with Crippen LogP contribution in [0.2, 0.25) is 0 Å². The molecule has 3 heterocycles. The minimum absolute atomic E-state index is 0.167. The van der Waals surface area contributed by atoms with Gasteiger partial charge < -0.3 is 0 Å². The molecule has 4 aliphatic carbocycles. The van der Waals surface area contributed by atoms with Crippen LogP contribution in [0, 0.1) is 22.7 Å². The molecular formula is C38H29IN3O-. The Kier molecular flexibility index (Phi) is 5.06. The van der Waals surface area contributed by atoms with Gasteiger partial charge in [0, 0.05) is 6.20 Å². The predicted molar refractivity (Wildman–Crippen MR) is 170 cm³/mol. The van der Waals surface area contributed by atoms with Gasteiger partial charge in [0.1, 0.15) is 0 Å². The number of fused-ring (bicyclic) bond motifs is 6. The number of nitrogens with zero attached hydrogens (tertiary/aromatic N) is 3. The van der Waals surface area contributed by atoms with Gasteiger partial charge in [0.2, 0.25) is 0 Å². The zero-order chi connectivity index (χ0) is 28.2. The van der Waals surface area contributed by atoms with Gasteiger partial charge >= 0.3 is 255 Å². The van der Waals surface area contributed by atoms with Gasteiger partial charge in [-0.25, -0.2) is 0 Å². The summed E-state index contributed by atoms with van der Waals surface area (Å²) in [6.45, 7) is 0. The van der Waals surface area contributed by atoms with Gasteiger partial charge in [-0.15, -0.1) is 0 Å². The Morgan fingerprint density at radius 1 is 0.907 bits per heavy atom. The third-order valence-electron chi connectivity index (χ3n) is 10.4. The Labute approximate surface area is 260 Å². The number of halogens is 1. The van der Waals surface area contributed by atoms with Crippen LogP contribution in [0.3, 0.4) is 0 Å². The SMILES string of the molecule is C1=CC2CC2(C2N=C(c3ccc(-c4ccc5ccncc5c4)c4c3oc3ccccc34)N=C(C34C=CCCC3C4)[I-]2)C=C1. The van der Waals surface area contributed by atoms with Gasteiger partial charge in [-0.3, -0.25) is 0 Å². The Morgan fingerprint density at radius 2 is 1.86 bits per heavy atom. The van der Waals surface area contributed by atoms with Crippen LogP contribution in [0.25, 0.3) is 43.8 Å². The summed E-state index contributed by atoms with van der Waals surface area (Å²) in [6, 6.07) is 21.6. The molecule has 5 atom stereocenters. The number of aliphatic imine (C=N–C) groups is 2. The van der Waals surface area contributed by atoms with Crippen molar-refractivity contribution in [1.82, 2.24) is 4.98 Å². The second kappa shape index (κ2) is 8.85. The Morgan fingerprint density at radius 3 is 2.81 bits per heavy atom. The van der Waals surface area contributed by atoms with Crippen molar-refractivity contribution in [3.8, 4) is 11.1 Å². The summed E-state index contributed by atoms with van der Waals surface area (Å²) in [5.41, 5.74) is 5.46. The number of alkyl halides is 1. The predicted octanol–water partition coefficient (Wildman–Crippen LogP) is 5.86. The van der Waals surface area contributed by atoms with Gasteiger partial charge in [-0.05, 0) is 0 Å². The molecule has 2 saturated carbocycles. The number of rotatable bonds is 4. The van der Waals surface area contributed by atoms with Gasteiger partial charge in [-0.1, -0.05) is 0 Å². The second-order valence-electron chi connectivity index (χ2n) is 12.8. The zero-order valence-electron chi connectivity index (χ0n) is 23.6. The number of para-hydroxylation sites is 1. The van der Waals surface area contributed by atoms with E-state index < -0.39 is 0 Å². The van der Waals surface area contributed by atoms with E-state index in [1.54, 1.807) is 0 Å². The molecule has 43 heavy (non-hydrogen) atoms. The first-order valence-electron chi connectivity index (χ1n) is 15.3. The van der Waals surface area contributed by atoms with E-state index in [0.717, 1.165) is 55.8 Å². The number of allylic oxidation sites excluding steroid dienone is 5. The van der Waals surface area contributed by atoms with E-state index in [1.807, 2.05) is 12.4 Å². The summed E-state index contributed by atoms with van der Waals surface area (Å²) < 4.78 is 8.48. The summed E-state index contributed by atoms with van der Waals surface area (Å²) >= 11 is -0.337. The normalized spacial score (nSPS) is 30.5. The Bertz CT molecular complexity index is 2170. The number of hydrogen-bond acceptors (Lipinski definition) is 4. The third-order valence-corrected chi connectivity index (χ3v) is 14.3. The standard InChI is InChI=1S/C38H29IN3O/c1-2-10-31-29(9-1)32-28(24-12-11-23-15-18-40-22-25(23)19-24)13-14-30(33(32)43-31)34-41-35(37-16-5-3-7-26(37)20-37)39-36(42-34)38-17-6-4-8-27(38)21-38/h1-3,5-7,9-19,22,26-27,35H,4,8,20-21H2/q-1. The van der Waals surface area contributed by atoms with E-state index in [-0.39, 0.29) is 32.0 Å². The van der Waals surface area contributed by atoms with Crippen LogP contribution in [-0.2, 0) is 0 Å². The van der Waals surface area contributed by atoms with Crippen LogP contribution in [-0.4, -0.2) is 18.6 Å². The summed E-state index contributed by atoms with van der Waals surface area (Å²) in [5.74, 6) is 2.23. The first-order valence-corrected chi connectivity index (χ1v) is 17.7. The fraction of sp³-hybridized carbons (Fsp3) is 0.237. The number of pyridine rings is 1. The maximum atomic E-state index is 6.73. The number of aromatic nitrogens is 1. The molecule has 0 radical (unpaired) electrons. The van der Waals surface area contributed by atoms with Crippen molar-refractivity contribution in [2.75, 3.05) is 0 Å². The average Bonchev–Trinajstić information content (AvgIpc) is 3.96.